The van der Waals surface area contributed by atoms with Gasteiger partial charge in [-0.1, -0.05) is 66.7 Å². The molecule has 4 aromatic rings. The van der Waals surface area contributed by atoms with E-state index in [1.807, 2.05) is 50.2 Å². The number of amides is 1. The van der Waals surface area contributed by atoms with Crippen molar-refractivity contribution in [2.75, 3.05) is 26.2 Å². The minimum atomic E-state index is -0.475. The topological polar surface area (TPSA) is 77.6 Å². The van der Waals surface area contributed by atoms with Gasteiger partial charge in [0.15, 0.2) is 0 Å². The molecular weight excluding hydrogens is 462 g/mol. The molecule has 0 radical (unpaired) electrons. The van der Waals surface area contributed by atoms with Gasteiger partial charge in [0.1, 0.15) is 6.61 Å². The van der Waals surface area contributed by atoms with E-state index in [4.69, 9.17) is 4.74 Å². The Labute approximate surface area is 218 Å². The van der Waals surface area contributed by atoms with Gasteiger partial charge in [0.2, 0.25) is 0 Å². The van der Waals surface area contributed by atoms with Crippen molar-refractivity contribution < 1.29 is 14.6 Å². The molecule has 1 aliphatic rings. The SMILES string of the molecule is CC(O)C(C)N(CCNC(=O)OCC1c2ccccc2-c2ccccc21)CCc1c[nH]c2ccccc12. The van der Waals surface area contributed by atoms with Gasteiger partial charge in [-0.3, -0.25) is 4.90 Å². The molecule has 3 aromatic carbocycles. The van der Waals surface area contributed by atoms with Crippen molar-refractivity contribution in [2.45, 2.75) is 38.3 Å². The van der Waals surface area contributed by atoms with Crippen LogP contribution in [0.5, 0.6) is 0 Å². The van der Waals surface area contributed by atoms with Crippen molar-refractivity contribution in [3.8, 4) is 11.1 Å². The van der Waals surface area contributed by atoms with Crippen LogP contribution in [0.2, 0.25) is 0 Å². The highest BCUT2D eigenvalue weighted by molar-refractivity contribution is 5.83. The smallest absolute Gasteiger partial charge is 0.407 e. The summed E-state index contributed by atoms with van der Waals surface area (Å²) in [7, 11) is 0. The fourth-order valence-corrected chi connectivity index (χ4v) is 5.38. The maximum Gasteiger partial charge on any atom is 0.407 e. The zero-order valence-corrected chi connectivity index (χ0v) is 21.5. The van der Waals surface area contributed by atoms with Gasteiger partial charge in [0.25, 0.3) is 0 Å². The van der Waals surface area contributed by atoms with E-state index in [-0.39, 0.29) is 12.0 Å². The maximum absolute atomic E-state index is 12.6. The molecule has 6 heteroatoms. The van der Waals surface area contributed by atoms with Crippen LogP contribution >= 0.6 is 0 Å². The van der Waals surface area contributed by atoms with E-state index in [9.17, 15) is 9.90 Å². The first-order chi connectivity index (χ1) is 18.0. The van der Waals surface area contributed by atoms with Crippen molar-refractivity contribution >= 4 is 17.0 Å². The largest absolute Gasteiger partial charge is 0.449 e. The highest BCUT2D eigenvalue weighted by Gasteiger charge is 2.29. The monoisotopic (exact) mass is 497 g/mol. The quantitative estimate of drug-likeness (QED) is 0.277. The Bertz CT molecular complexity index is 1320. The van der Waals surface area contributed by atoms with Crippen molar-refractivity contribution in [3.05, 3.63) is 95.7 Å². The normalized spacial score (nSPS) is 14.4. The molecule has 6 nitrogen and oxygen atoms in total. The number of H-pyrrole nitrogens is 1. The first-order valence-electron chi connectivity index (χ1n) is 13.1. The van der Waals surface area contributed by atoms with Crippen LogP contribution in [0, 0.1) is 0 Å². The van der Waals surface area contributed by atoms with Crippen LogP contribution in [-0.2, 0) is 11.2 Å². The summed E-state index contributed by atoms with van der Waals surface area (Å²) in [6.45, 7) is 5.98. The molecular formula is C31H35N3O3. The van der Waals surface area contributed by atoms with E-state index < -0.39 is 12.2 Å². The van der Waals surface area contributed by atoms with Gasteiger partial charge in [0.05, 0.1) is 6.10 Å². The van der Waals surface area contributed by atoms with Crippen LogP contribution in [-0.4, -0.2) is 59.5 Å². The molecule has 2 atom stereocenters. The van der Waals surface area contributed by atoms with Crippen molar-refractivity contribution in [1.82, 2.24) is 15.2 Å². The predicted molar refractivity (Wildman–Crippen MR) is 148 cm³/mol. The predicted octanol–water partition coefficient (Wildman–Crippen LogP) is 5.32. The third-order valence-electron chi connectivity index (χ3n) is 7.63. The van der Waals surface area contributed by atoms with E-state index in [0.717, 1.165) is 18.5 Å². The van der Waals surface area contributed by atoms with Crippen molar-refractivity contribution in [2.24, 2.45) is 0 Å². The van der Waals surface area contributed by atoms with Crippen LogP contribution in [0.25, 0.3) is 22.0 Å². The Balaban J connectivity index is 1.15. The number of hydrogen-bond acceptors (Lipinski definition) is 4. The molecule has 5 rings (SSSR count). The molecule has 0 aliphatic heterocycles. The van der Waals surface area contributed by atoms with E-state index in [1.54, 1.807) is 0 Å². The molecule has 0 fully saturated rings. The summed E-state index contributed by atoms with van der Waals surface area (Å²) in [6, 6.07) is 24.9. The minimum Gasteiger partial charge on any atom is -0.449 e. The second kappa shape index (κ2) is 11.2. The number of alkyl carbamates (subject to hydrolysis) is 1. The number of carbonyl (C=O) groups excluding carboxylic acids is 1. The fourth-order valence-electron chi connectivity index (χ4n) is 5.38. The Morgan fingerprint density at radius 2 is 1.62 bits per heavy atom. The molecule has 3 N–H and O–H groups in total. The number of nitrogens with one attached hydrogen (secondary N) is 2. The van der Waals surface area contributed by atoms with Gasteiger partial charge in [-0.25, -0.2) is 4.79 Å². The van der Waals surface area contributed by atoms with E-state index in [0.29, 0.717) is 19.7 Å². The lowest BCUT2D eigenvalue weighted by Gasteiger charge is -2.31. The highest BCUT2D eigenvalue weighted by atomic mass is 16.5. The van der Waals surface area contributed by atoms with Crippen LogP contribution in [0.4, 0.5) is 4.79 Å². The number of para-hydroxylation sites is 1. The lowest BCUT2D eigenvalue weighted by Crippen LogP contribution is -2.45. The lowest BCUT2D eigenvalue weighted by atomic mass is 9.98. The third-order valence-corrected chi connectivity index (χ3v) is 7.63. The van der Waals surface area contributed by atoms with Gasteiger partial charge in [0, 0.05) is 48.7 Å². The Morgan fingerprint density at radius 1 is 0.973 bits per heavy atom. The Hall–Kier alpha value is -3.61. The Morgan fingerprint density at radius 3 is 2.32 bits per heavy atom. The van der Waals surface area contributed by atoms with Gasteiger partial charge in [-0.05, 0) is 54.2 Å². The number of benzene rings is 3. The second-order valence-electron chi connectivity index (χ2n) is 9.88. The van der Waals surface area contributed by atoms with Crippen molar-refractivity contribution in [3.63, 3.8) is 0 Å². The van der Waals surface area contributed by atoms with E-state index in [2.05, 4.69) is 57.8 Å². The number of aliphatic hydroxyl groups is 1. The summed E-state index contributed by atoms with van der Waals surface area (Å²) in [5, 5.41) is 14.4. The molecule has 0 saturated heterocycles. The number of aromatic nitrogens is 1. The number of aliphatic hydroxyl groups excluding tert-OH is 1. The maximum atomic E-state index is 12.6. The number of rotatable bonds is 10. The highest BCUT2D eigenvalue weighted by Crippen LogP contribution is 2.44. The summed E-state index contributed by atoms with van der Waals surface area (Å²) in [5.74, 6) is 0.0427. The van der Waals surface area contributed by atoms with Crippen LogP contribution in [0.3, 0.4) is 0 Å². The third kappa shape index (κ3) is 5.41. The fraction of sp³-hybridized carbons (Fsp3) is 0.323. The molecule has 1 aromatic heterocycles. The van der Waals surface area contributed by atoms with Gasteiger partial charge in [-0.15, -0.1) is 0 Å². The van der Waals surface area contributed by atoms with Gasteiger partial charge in [-0.2, -0.15) is 0 Å². The van der Waals surface area contributed by atoms with Crippen molar-refractivity contribution in [1.29, 1.82) is 0 Å². The van der Waals surface area contributed by atoms with Gasteiger partial charge >= 0.3 is 6.09 Å². The molecule has 2 unspecified atom stereocenters. The molecule has 0 spiro atoms. The molecule has 0 saturated carbocycles. The Kier molecular flexibility index (Phi) is 7.58. The summed E-state index contributed by atoms with van der Waals surface area (Å²) in [5.41, 5.74) is 7.21. The zero-order chi connectivity index (χ0) is 25.8. The number of nitrogens with zero attached hydrogens (tertiary/aromatic N) is 1. The average Bonchev–Trinajstić information content (AvgIpc) is 3.48. The molecule has 37 heavy (non-hydrogen) atoms. The molecule has 1 heterocycles. The second-order valence-corrected chi connectivity index (χ2v) is 9.88. The first-order valence-corrected chi connectivity index (χ1v) is 13.1. The van der Waals surface area contributed by atoms with E-state index >= 15 is 0 Å². The summed E-state index contributed by atoms with van der Waals surface area (Å²) >= 11 is 0. The number of aromatic amines is 1. The molecule has 1 amide bonds. The lowest BCUT2D eigenvalue weighted by molar-refractivity contribution is 0.0712. The summed E-state index contributed by atoms with van der Waals surface area (Å²) < 4.78 is 5.67. The summed E-state index contributed by atoms with van der Waals surface area (Å²) in [6.07, 6.45) is 2.03. The van der Waals surface area contributed by atoms with Gasteiger partial charge < -0.3 is 20.1 Å². The number of hydrogen-bond donors (Lipinski definition) is 3. The standard InChI is InChI=1S/C31H35N3O3/c1-21(22(2)35)34(17-15-23-19-33-30-14-8-7-9-24(23)30)18-16-32-31(36)37-20-29-27-12-5-3-10-25(27)26-11-4-6-13-28(26)29/h3-14,19,21-22,29,33,35H,15-18,20H2,1-2H3,(H,32,36). The first kappa shape index (κ1) is 25.1. The van der Waals surface area contributed by atoms with Crippen LogP contribution in [0.15, 0.2) is 79.0 Å². The zero-order valence-electron chi connectivity index (χ0n) is 21.5. The molecule has 0 bridgehead atoms. The minimum absolute atomic E-state index is 0.0329. The number of fused-ring (bicyclic) bond motifs is 4. The molecule has 192 valence electrons. The van der Waals surface area contributed by atoms with Crippen LogP contribution < -0.4 is 5.32 Å². The molecule has 1 aliphatic carbocycles. The number of ether oxygens (including phenoxy) is 1. The van der Waals surface area contributed by atoms with E-state index in [1.165, 1.54) is 33.2 Å². The van der Waals surface area contributed by atoms with Crippen LogP contribution in [0.1, 0.15) is 36.5 Å². The summed E-state index contributed by atoms with van der Waals surface area (Å²) in [4.78, 5) is 18.1. The number of carbonyl (C=O) groups is 1. The average molecular weight is 498 g/mol.